The molecule has 0 bridgehead atoms. The van der Waals surface area contributed by atoms with E-state index in [1.54, 1.807) is 30.8 Å². The Bertz CT molecular complexity index is 1090. The first-order valence-corrected chi connectivity index (χ1v) is 12.6. The number of ether oxygens (including phenoxy) is 3. The number of hydrogen-bond acceptors (Lipinski definition) is 7. The maximum absolute atomic E-state index is 12.7. The van der Waals surface area contributed by atoms with Gasteiger partial charge in [0.05, 0.1) is 41.8 Å². The van der Waals surface area contributed by atoms with Crippen molar-refractivity contribution in [3.05, 3.63) is 23.5 Å². The number of pyridine rings is 1. The molecule has 2 aromatic heterocycles. The summed E-state index contributed by atoms with van der Waals surface area (Å²) in [6, 6.07) is 3.90. The van der Waals surface area contributed by atoms with Crippen molar-refractivity contribution in [3.63, 3.8) is 0 Å². The summed E-state index contributed by atoms with van der Waals surface area (Å²) in [5.41, 5.74) is 2.65. The van der Waals surface area contributed by atoms with Crippen LogP contribution in [0.5, 0.6) is 11.6 Å². The number of aromatic nitrogens is 3. The first-order valence-electron chi connectivity index (χ1n) is 12.6. The van der Waals surface area contributed by atoms with E-state index in [9.17, 15) is 14.7 Å². The molecule has 10 heteroatoms. The lowest BCUT2D eigenvalue weighted by Gasteiger charge is -2.27. The predicted octanol–water partition coefficient (Wildman–Crippen LogP) is 4.33. The van der Waals surface area contributed by atoms with Crippen molar-refractivity contribution in [3.8, 4) is 22.9 Å². The molecule has 2 saturated carbocycles. The van der Waals surface area contributed by atoms with Gasteiger partial charge in [0, 0.05) is 20.1 Å². The van der Waals surface area contributed by atoms with E-state index in [-0.39, 0.29) is 30.8 Å². The van der Waals surface area contributed by atoms with Crippen molar-refractivity contribution < 1.29 is 28.9 Å². The molecular weight excluding hydrogens is 464 g/mol. The molecule has 2 aliphatic carbocycles. The molecule has 2 atom stereocenters. The van der Waals surface area contributed by atoms with Gasteiger partial charge < -0.3 is 24.2 Å². The summed E-state index contributed by atoms with van der Waals surface area (Å²) in [5, 5.41) is 13.8. The molecule has 4 rings (SSSR count). The summed E-state index contributed by atoms with van der Waals surface area (Å²) in [6.07, 6.45) is 6.63. The molecule has 2 aromatic rings. The van der Waals surface area contributed by atoms with E-state index in [1.165, 1.54) is 0 Å². The molecular formula is C26H36N4O6. The molecule has 2 aliphatic rings. The Labute approximate surface area is 211 Å². The normalized spacial score (nSPS) is 20.2. The molecule has 196 valence electrons. The summed E-state index contributed by atoms with van der Waals surface area (Å²) in [4.78, 5) is 30.5. The molecule has 36 heavy (non-hydrogen) atoms. The number of carbonyl (C=O) groups is 2. The number of aryl methyl sites for hydroxylation is 2. The van der Waals surface area contributed by atoms with Crippen LogP contribution in [0, 0.1) is 12.8 Å². The zero-order valence-electron chi connectivity index (χ0n) is 21.5. The number of nitrogens with zero attached hydrogens (tertiary/aromatic N) is 4. The van der Waals surface area contributed by atoms with E-state index in [2.05, 4.69) is 5.10 Å². The minimum atomic E-state index is -0.764. The number of rotatable bonds is 8. The van der Waals surface area contributed by atoms with Crippen molar-refractivity contribution in [2.24, 2.45) is 13.0 Å². The third-order valence-electron chi connectivity index (χ3n) is 7.38. The van der Waals surface area contributed by atoms with Gasteiger partial charge in [-0.05, 0) is 57.6 Å². The molecule has 0 aromatic carbocycles. The fraction of sp³-hybridized carbons (Fsp3) is 0.615. The van der Waals surface area contributed by atoms with Crippen molar-refractivity contribution >= 4 is 12.1 Å². The first kappa shape index (κ1) is 25.8. The zero-order chi connectivity index (χ0) is 25.8. The van der Waals surface area contributed by atoms with E-state index in [4.69, 9.17) is 19.2 Å². The molecule has 0 saturated heterocycles. The Morgan fingerprint density at radius 2 is 1.92 bits per heavy atom. The first-order chi connectivity index (χ1) is 17.3. The molecule has 0 unspecified atom stereocenters. The number of carboxylic acids is 1. The molecule has 1 amide bonds. The van der Waals surface area contributed by atoms with Gasteiger partial charge in [-0.3, -0.25) is 9.48 Å². The van der Waals surface area contributed by atoms with Gasteiger partial charge in [0.25, 0.3) is 0 Å². The Kier molecular flexibility index (Phi) is 8.01. The van der Waals surface area contributed by atoms with Gasteiger partial charge in [-0.15, -0.1) is 5.10 Å². The predicted molar refractivity (Wildman–Crippen MR) is 132 cm³/mol. The van der Waals surface area contributed by atoms with Crippen molar-refractivity contribution in [1.82, 2.24) is 19.7 Å². The molecule has 0 spiro atoms. The summed E-state index contributed by atoms with van der Waals surface area (Å²) < 4.78 is 19.0. The van der Waals surface area contributed by atoms with Gasteiger partial charge in [0.2, 0.25) is 5.88 Å². The standard InChI is InChI=1S/C26H36N4O6/c1-16-22(36-19-11-7-8-17(14-19)25(31)32)13-12-20(27-16)23-21(30(3)28-24(23)34-4)15-35-26(33)29(2)18-9-5-6-10-18/h12-13,17-19H,5-11,14-15H2,1-4H3,(H,31,32)/t17-,19-/m0/s1. The second kappa shape index (κ2) is 11.2. The fourth-order valence-corrected chi connectivity index (χ4v) is 5.24. The average Bonchev–Trinajstić information content (AvgIpc) is 3.51. The lowest BCUT2D eigenvalue weighted by atomic mass is 9.87. The molecule has 2 heterocycles. The highest BCUT2D eigenvalue weighted by atomic mass is 16.6. The maximum Gasteiger partial charge on any atom is 0.410 e. The van der Waals surface area contributed by atoms with Crippen LogP contribution < -0.4 is 9.47 Å². The van der Waals surface area contributed by atoms with Gasteiger partial charge in [-0.2, -0.15) is 0 Å². The van der Waals surface area contributed by atoms with Crippen LogP contribution in [0.4, 0.5) is 4.79 Å². The van der Waals surface area contributed by atoms with E-state index in [1.807, 2.05) is 19.1 Å². The molecule has 10 nitrogen and oxygen atoms in total. The van der Waals surface area contributed by atoms with E-state index < -0.39 is 5.97 Å². The van der Waals surface area contributed by atoms with Crippen LogP contribution in [-0.2, 0) is 23.2 Å². The van der Waals surface area contributed by atoms with Gasteiger partial charge in [0.1, 0.15) is 12.4 Å². The van der Waals surface area contributed by atoms with Crippen LogP contribution in [-0.4, -0.2) is 63.1 Å². The molecule has 0 aliphatic heterocycles. The van der Waals surface area contributed by atoms with Crippen LogP contribution in [0.2, 0.25) is 0 Å². The highest BCUT2D eigenvalue weighted by Crippen LogP contribution is 2.35. The SMILES string of the molecule is COc1nn(C)c(COC(=O)N(C)C2CCCC2)c1-c1ccc(O[C@H]2CCC[C@H](C(=O)O)C2)c(C)n1. The van der Waals surface area contributed by atoms with Gasteiger partial charge in [0.15, 0.2) is 0 Å². The van der Waals surface area contributed by atoms with Gasteiger partial charge in [-0.1, -0.05) is 12.8 Å². The topological polar surface area (TPSA) is 116 Å². The smallest absolute Gasteiger partial charge is 0.410 e. The number of aliphatic carboxylic acids is 1. The van der Waals surface area contributed by atoms with Crippen LogP contribution in [0.3, 0.4) is 0 Å². The monoisotopic (exact) mass is 500 g/mol. The van der Waals surface area contributed by atoms with E-state index >= 15 is 0 Å². The van der Waals surface area contributed by atoms with Crippen LogP contribution in [0.25, 0.3) is 11.3 Å². The minimum absolute atomic E-state index is 0.0374. The number of carboxylic acid groups (broad SMARTS) is 1. The minimum Gasteiger partial charge on any atom is -0.489 e. The van der Waals surface area contributed by atoms with E-state index in [0.29, 0.717) is 47.1 Å². The third-order valence-corrected chi connectivity index (χ3v) is 7.38. The van der Waals surface area contributed by atoms with Gasteiger partial charge in [-0.25, -0.2) is 9.78 Å². The Hall–Kier alpha value is -3.30. The van der Waals surface area contributed by atoms with Gasteiger partial charge >= 0.3 is 12.1 Å². The number of hydrogen-bond donors (Lipinski definition) is 1. The summed E-state index contributed by atoms with van der Waals surface area (Å²) in [5.74, 6) is -0.109. The van der Waals surface area contributed by atoms with Crippen LogP contribution in [0.1, 0.15) is 62.8 Å². The Morgan fingerprint density at radius 1 is 1.17 bits per heavy atom. The largest absolute Gasteiger partial charge is 0.489 e. The summed E-state index contributed by atoms with van der Waals surface area (Å²) >= 11 is 0. The van der Waals surface area contributed by atoms with Crippen molar-refractivity contribution in [2.75, 3.05) is 14.2 Å². The fourth-order valence-electron chi connectivity index (χ4n) is 5.24. The molecule has 0 radical (unpaired) electrons. The third kappa shape index (κ3) is 5.57. The molecule has 1 N–H and O–H groups in total. The number of methoxy groups -OCH3 is 1. The Balaban J connectivity index is 1.50. The molecule has 2 fully saturated rings. The average molecular weight is 501 g/mol. The van der Waals surface area contributed by atoms with Crippen molar-refractivity contribution in [2.45, 2.75) is 77.0 Å². The quantitative estimate of drug-likeness (QED) is 0.569. The van der Waals surface area contributed by atoms with Crippen LogP contribution in [0.15, 0.2) is 12.1 Å². The second-order valence-electron chi connectivity index (χ2n) is 9.78. The Morgan fingerprint density at radius 3 is 2.58 bits per heavy atom. The number of amides is 1. The maximum atomic E-state index is 12.7. The highest BCUT2D eigenvalue weighted by Gasteiger charge is 2.29. The lowest BCUT2D eigenvalue weighted by molar-refractivity contribution is -0.143. The number of carbonyl (C=O) groups excluding carboxylic acids is 1. The lowest BCUT2D eigenvalue weighted by Crippen LogP contribution is -2.35. The zero-order valence-corrected chi connectivity index (χ0v) is 21.5. The van der Waals surface area contributed by atoms with Crippen LogP contribution >= 0.6 is 0 Å². The van der Waals surface area contributed by atoms with Crippen molar-refractivity contribution in [1.29, 1.82) is 0 Å². The summed E-state index contributed by atoms with van der Waals surface area (Å²) in [6.45, 7) is 1.89. The van der Waals surface area contributed by atoms with E-state index in [0.717, 1.165) is 38.5 Å². The summed E-state index contributed by atoms with van der Waals surface area (Å²) in [7, 11) is 5.11. The second-order valence-corrected chi connectivity index (χ2v) is 9.78. The highest BCUT2D eigenvalue weighted by molar-refractivity contribution is 5.71.